The average molecular weight is 1350 g/mol. The molecule has 94 heavy (non-hydrogen) atoms. The molecule has 12 atom stereocenters. The third-order valence-corrected chi connectivity index (χ3v) is 26.4. The number of carbonyl (C=O) groups is 4. The Morgan fingerprint density at radius 2 is 0.734 bits per heavy atom. The quantitative estimate of drug-likeness (QED) is 0.0945. The van der Waals surface area contributed by atoms with Gasteiger partial charge in [-0.2, -0.15) is 0 Å². The van der Waals surface area contributed by atoms with Gasteiger partial charge in [0.15, 0.2) is 29.5 Å². The second-order valence-electron chi connectivity index (χ2n) is 24.9. The summed E-state index contributed by atoms with van der Waals surface area (Å²) in [5.74, 6) is -4.94. The number of hydrogen-bond donors (Lipinski definition) is 0. The van der Waals surface area contributed by atoms with Gasteiger partial charge in [-0.25, -0.2) is 43.2 Å². The molecule has 0 unspecified atom stereocenters. The van der Waals surface area contributed by atoms with Crippen LogP contribution in [0.15, 0.2) is 146 Å². The zero-order valence-electron chi connectivity index (χ0n) is 52.3. The van der Waals surface area contributed by atoms with Gasteiger partial charge in [0.2, 0.25) is 0 Å². The first kappa shape index (κ1) is 66.5. The zero-order valence-corrected chi connectivity index (χ0v) is 54.7. The number of ether oxygens (including phenoxy) is 4. The summed E-state index contributed by atoms with van der Waals surface area (Å²) in [6, 6.07) is 33.7. The highest BCUT2D eigenvalue weighted by molar-refractivity contribution is 7.92. The molecule has 0 saturated carbocycles. The highest BCUT2D eigenvalue weighted by Crippen LogP contribution is 2.43. The summed E-state index contributed by atoms with van der Waals surface area (Å²) >= 11 is 0. The smallest absolute Gasteiger partial charge is 0.410 e. The Morgan fingerprint density at radius 3 is 1.06 bits per heavy atom. The summed E-state index contributed by atoms with van der Waals surface area (Å²) in [5, 5.41) is -5.02. The van der Waals surface area contributed by atoms with Gasteiger partial charge in [0.05, 0.1) is 50.0 Å². The summed E-state index contributed by atoms with van der Waals surface area (Å²) in [7, 11) is -13.1. The van der Waals surface area contributed by atoms with E-state index < -0.39 is 197 Å². The first-order valence-corrected chi connectivity index (χ1v) is 37.2. The fourth-order valence-electron chi connectivity index (χ4n) is 14.8. The molecule has 3 fully saturated rings. The number of hydrogen-bond acceptors (Lipinski definition) is 14. The molecular weight excluding hydrogens is 1270 g/mol. The van der Waals surface area contributed by atoms with E-state index in [1.54, 1.807) is 51.1 Å². The van der Waals surface area contributed by atoms with Gasteiger partial charge in [-0.3, -0.25) is 19.3 Å². The topological polar surface area (TPSA) is 221 Å². The molecule has 0 N–H and O–H groups in total. The average Bonchev–Trinajstić information content (AvgIpc) is 0.765. The van der Waals surface area contributed by atoms with Crippen LogP contribution in [0.25, 0.3) is 0 Å². The van der Waals surface area contributed by atoms with Gasteiger partial charge in [0.1, 0.15) is 57.6 Å². The van der Waals surface area contributed by atoms with Crippen molar-refractivity contribution in [3.63, 3.8) is 0 Å². The van der Waals surface area contributed by atoms with E-state index in [1.807, 2.05) is 72.8 Å². The Labute approximate surface area is 546 Å². The maximum Gasteiger partial charge on any atom is 0.410 e. The molecule has 0 aliphatic carbocycles. The standard InChI is InChI=1S/C70H75F3N4O14S3/c1-4-92(82,83)61-40-88-58(67(78)74-34-31-43-13-7-10-16-52(43)64(74)46-19-25-49(71)26-20-46)37-55(61)77(56-38-59(89-41-62(56)93(84,85)5-2)68(79)75-35-32-44-14-8-11-17-53(44)65(75)47-21-27-50(72)28-22-47)70(81)91-57-39-60(90-42-63(57)94(86,87)6-3)69(80)76-36-33-45-15-9-12-18-54(45)66(76)48-23-29-51(73)30-24-48/h7-30,55-66H,4-6,31-42H2,1-3H3/t55-,56-,57-,58+,59+,60+,61-,62-,63+,64-,65-,66-/m0/s1. The van der Waals surface area contributed by atoms with Crippen molar-refractivity contribution in [2.45, 2.75) is 130 Å². The molecule has 6 aliphatic heterocycles. The predicted octanol–water partition coefficient (Wildman–Crippen LogP) is 8.25. The maximum atomic E-state index is 16.5. The van der Waals surface area contributed by atoms with Crippen LogP contribution in [-0.4, -0.2) is 178 Å². The number of fused-ring (bicyclic) bond motifs is 3. The number of amides is 4. The lowest BCUT2D eigenvalue weighted by Crippen LogP contribution is -2.67. The first-order valence-electron chi connectivity index (χ1n) is 32.0. The van der Waals surface area contributed by atoms with Crippen LogP contribution in [0.3, 0.4) is 0 Å². The SMILES string of the molecule is CCS(=O)(=O)[C@@H]1CO[C@@H](C(=O)N2CCc3ccccc3[C@@H]2c2ccc(F)cc2)C[C@@H]1OC(=O)N([C@H]1C[C@H](C(=O)N2CCc3ccccc3[C@@H]2c2ccc(F)cc2)OC[C@@H]1S(=O)(=O)CC)[C@H]1C[C@H](C(=O)N2CCc3ccccc3[C@@H]2c2ccc(F)cc2)OC[C@@H]1S(=O)(=O)CC. The molecule has 6 aromatic carbocycles. The fraction of sp³-hybridized carbons (Fsp3) is 0.429. The van der Waals surface area contributed by atoms with Gasteiger partial charge in [-0.15, -0.1) is 0 Å². The maximum absolute atomic E-state index is 16.5. The van der Waals surface area contributed by atoms with E-state index in [0.29, 0.717) is 36.0 Å². The minimum absolute atomic E-state index is 0.122. The number of rotatable bonds is 15. The molecule has 0 bridgehead atoms. The second-order valence-corrected chi connectivity index (χ2v) is 32.4. The lowest BCUT2D eigenvalue weighted by Gasteiger charge is -2.50. The van der Waals surface area contributed by atoms with Crippen LogP contribution in [0.1, 0.15) is 108 Å². The Bertz CT molecular complexity index is 4000. The van der Waals surface area contributed by atoms with Crippen LogP contribution in [0.5, 0.6) is 0 Å². The lowest BCUT2D eigenvalue weighted by molar-refractivity contribution is -0.156. The largest absolute Gasteiger partial charge is 0.444 e. The zero-order chi connectivity index (χ0) is 66.4. The molecule has 6 aromatic rings. The summed E-state index contributed by atoms with van der Waals surface area (Å²) in [6.45, 7) is 2.49. The van der Waals surface area contributed by atoms with E-state index in [4.69, 9.17) is 18.9 Å². The van der Waals surface area contributed by atoms with Gasteiger partial charge in [0.25, 0.3) is 17.7 Å². The van der Waals surface area contributed by atoms with Crippen molar-refractivity contribution in [3.05, 3.63) is 213 Å². The number of carbonyl (C=O) groups excluding carboxylic acids is 4. The summed E-state index contributed by atoms with van der Waals surface area (Å²) in [6.07, 6.45) is -8.24. The van der Waals surface area contributed by atoms with E-state index in [2.05, 4.69) is 0 Å². The summed E-state index contributed by atoms with van der Waals surface area (Å²) < 4.78 is 158. The van der Waals surface area contributed by atoms with Crippen molar-refractivity contribution in [1.29, 1.82) is 0 Å². The van der Waals surface area contributed by atoms with Gasteiger partial charge >= 0.3 is 6.09 Å². The van der Waals surface area contributed by atoms with E-state index >= 15 is 19.2 Å². The Balaban J connectivity index is 0.960. The molecule has 12 rings (SSSR count). The number of benzene rings is 6. The fourth-order valence-corrected chi connectivity index (χ4v) is 19.1. The van der Waals surface area contributed by atoms with Crippen LogP contribution >= 0.6 is 0 Å². The first-order chi connectivity index (χ1) is 45.1. The highest BCUT2D eigenvalue weighted by atomic mass is 32.2. The third kappa shape index (κ3) is 13.1. The van der Waals surface area contributed by atoms with Crippen molar-refractivity contribution in [1.82, 2.24) is 19.6 Å². The molecule has 24 heteroatoms. The summed E-state index contributed by atoms with van der Waals surface area (Å²) in [5.41, 5.74) is 6.70. The Hall–Kier alpha value is -7.48. The van der Waals surface area contributed by atoms with E-state index in [1.165, 1.54) is 57.2 Å². The van der Waals surface area contributed by atoms with Crippen molar-refractivity contribution in [2.75, 3.05) is 56.7 Å². The van der Waals surface area contributed by atoms with Gasteiger partial charge in [-0.05, 0) is 106 Å². The number of nitrogens with zero attached hydrogens (tertiary/aromatic N) is 4. The van der Waals surface area contributed by atoms with Crippen LogP contribution in [0, 0.1) is 17.5 Å². The lowest BCUT2D eigenvalue weighted by atomic mass is 9.87. The van der Waals surface area contributed by atoms with Crippen molar-refractivity contribution >= 4 is 53.3 Å². The normalized spacial score (nSPS) is 26.5. The second kappa shape index (κ2) is 27.3. The van der Waals surface area contributed by atoms with Gasteiger partial charge in [0, 0.05) is 56.2 Å². The molecule has 0 radical (unpaired) electrons. The van der Waals surface area contributed by atoms with Crippen molar-refractivity contribution < 1.29 is 76.6 Å². The Morgan fingerprint density at radius 1 is 0.436 bits per heavy atom. The van der Waals surface area contributed by atoms with Crippen LogP contribution < -0.4 is 0 Å². The summed E-state index contributed by atoms with van der Waals surface area (Å²) in [4.78, 5) is 68.7. The Kier molecular flexibility index (Phi) is 19.3. The van der Waals surface area contributed by atoms with Crippen LogP contribution in [-0.2, 0) is 82.1 Å². The molecule has 18 nitrogen and oxygen atoms in total. The molecule has 3 saturated heterocycles. The molecule has 0 spiro atoms. The van der Waals surface area contributed by atoms with Gasteiger partial charge < -0.3 is 33.6 Å². The van der Waals surface area contributed by atoms with Gasteiger partial charge in [-0.1, -0.05) is 130 Å². The molecule has 6 heterocycles. The predicted molar refractivity (Wildman–Crippen MR) is 343 cm³/mol. The van der Waals surface area contributed by atoms with E-state index in [0.717, 1.165) is 38.3 Å². The minimum atomic E-state index is -4.39. The molecular formula is C70H75F3N4O14S3. The van der Waals surface area contributed by atoms with Crippen LogP contribution in [0.2, 0.25) is 0 Å². The van der Waals surface area contributed by atoms with Crippen molar-refractivity contribution in [2.24, 2.45) is 0 Å². The number of halogens is 3. The molecule has 4 amide bonds. The number of sulfone groups is 3. The van der Waals surface area contributed by atoms with E-state index in [-0.39, 0.29) is 19.6 Å². The monoisotopic (exact) mass is 1350 g/mol. The van der Waals surface area contributed by atoms with Crippen LogP contribution in [0.4, 0.5) is 18.0 Å². The molecule has 0 aromatic heterocycles. The van der Waals surface area contributed by atoms with Crippen molar-refractivity contribution in [3.8, 4) is 0 Å². The molecule has 6 aliphatic rings. The highest BCUT2D eigenvalue weighted by Gasteiger charge is 2.56. The molecule has 498 valence electrons. The third-order valence-electron chi connectivity index (χ3n) is 19.9. The minimum Gasteiger partial charge on any atom is -0.444 e. The van der Waals surface area contributed by atoms with E-state index in [9.17, 15) is 38.4 Å².